The van der Waals surface area contributed by atoms with E-state index in [1.165, 1.54) is 5.39 Å². The minimum absolute atomic E-state index is 0.623. The van der Waals surface area contributed by atoms with Crippen molar-refractivity contribution in [1.29, 1.82) is 0 Å². The van der Waals surface area contributed by atoms with Gasteiger partial charge in [0, 0.05) is 33.3 Å². The van der Waals surface area contributed by atoms with Crippen LogP contribution in [0.3, 0.4) is 0 Å². The van der Waals surface area contributed by atoms with Crippen molar-refractivity contribution in [3.63, 3.8) is 0 Å². The van der Waals surface area contributed by atoms with E-state index in [4.69, 9.17) is 19.9 Å². The zero-order valence-corrected chi connectivity index (χ0v) is 27.5. The Morgan fingerprint density at radius 3 is 1.61 bits per heavy atom. The largest absolute Gasteiger partial charge is 0.292 e. The Balaban J connectivity index is 1.22. The van der Waals surface area contributed by atoms with Crippen molar-refractivity contribution in [2.45, 2.75) is 0 Å². The predicted octanol–water partition coefficient (Wildman–Crippen LogP) is 11.3. The fraction of sp³-hybridized carbons (Fsp3) is 0. The van der Waals surface area contributed by atoms with Crippen molar-refractivity contribution in [1.82, 2.24) is 24.5 Å². The second-order valence-electron chi connectivity index (χ2n) is 12.7. The molecule has 0 radical (unpaired) electrons. The molecule has 5 nitrogen and oxygen atoms in total. The minimum Gasteiger partial charge on any atom is -0.292 e. The fourth-order valence-electron chi connectivity index (χ4n) is 7.12. The number of para-hydroxylation sites is 1. The molecule has 0 bridgehead atoms. The molecule has 0 saturated heterocycles. The van der Waals surface area contributed by atoms with Crippen molar-refractivity contribution in [2.24, 2.45) is 0 Å². The number of imidazole rings is 1. The molecule has 0 saturated carbocycles. The molecule has 2 heterocycles. The van der Waals surface area contributed by atoms with Gasteiger partial charge in [-0.1, -0.05) is 146 Å². The van der Waals surface area contributed by atoms with Crippen molar-refractivity contribution in [3.8, 4) is 51.2 Å². The highest BCUT2D eigenvalue weighted by atomic mass is 15.1. The van der Waals surface area contributed by atoms with Gasteiger partial charge in [0.05, 0.1) is 11.0 Å². The Bertz CT molecular complexity index is 2900. The van der Waals surface area contributed by atoms with Gasteiger partial charge >= 0.3 is 0 Å². The SMILES string of the molecule is c1ccc(-c2nc(-c3ccc4ccccc4c3)nc(-c3ccc4ccc5ccc6c(nc(-c7ccccc7)n6-c6ccccc6)c5c4c3)n2)cc1. The summed E-state index contributed by atoms with van der Waals surface area (Å²) in [5.41, 5.74) is 6.94. The smallest absolute Gasteiger partial charge is 0.164 e. The highest BCUT2D eigenvalue weighted by Crippen LogP contribution is 2.38. The van der Waals surface area contributed by atoms with Gasteiger partial charge in [-0.2, -0.15) is 0 Å². The fourth-order valence-corrected chi connectivity index (χ4v) is 7.12. The van der Waals surface area contributed by atoms with Gasteiger partial charge in [0.2, 0.25) is 0 Å². The number of benzene rings is 8. The molecular weight excluding hydrogens is 623 g/mol. The zero-order valence-electron chi connectivity index (χ0n) is 27.5. The molecule has 238 valence electrons. The summed E-state index contributed by atoms with van der Waals surface area (Å²) in [5, 5.41) is 6.77. The van der Waals surface area contributed by atoms with Crippen LogP contribution in [0.4, 0.5) is 0 Å². The molecule has 0 aliphatic heterocycles. The second-order valence-corrected chi connectivity index (χ2v) is 12.7. The van der Waals surface area contributed by atoms with E-state index in [2.05, 4.69) is 138 Å². The van der Waals surface area contributed by atoms with Crippen LogP contribution in [-0.2, 0) is 0 Å². The van der Waals surface area contributed by atoms with Crippen LogP contribution < -0.4 is 0 Å². The maximum Gasteiger partial charge on any atom is 0.164 e. The van der Waals surface area contributed by atoms with E-state index in [9.17, 15) is 0 Å². The lowest BCUT2D eigenvalue weighted by molar-refractivity contribution is 1.08. The summed E-state index contributed by atoms with van der Waals surface area (Å²) in [7, 11) is 0. The van der Waals surface area contributed by atoms with Gasteiger partial charge in [-0.25, -0.2) is 19.9 Å². The molecule has 0 spiro atoms. The van der Waals surface area contributed by atoms with Crippen LogP contribution >= 0.6 is 0 Å². The lowest BCUT2D eigenvalue weighted by Crippen LogP contribution is -2.00. The third-order valence-electron chi connectivity index (χ3n) is 9.60. The summed E-state index contributed by atoms with van der Waals surface area (Å²) in [6.07, 6.45) is 0. The quantitative estimate of drug-likeness (QED) is 0.174. The number of aromatic nitrogens is 5. The summed E-state index contributed by atoms with van der Waals surface area (Å²) in [6.45, 7) is 0. The van der Waals surface area contributed by atoms with E-state index < -0.39 is 0 Å². The maximum absolute atomic E-state index is 5.39. The van der Waals surface area contributed by atoms with Crippen molar-refractivity contribution in [3.05, 3.63) is 176 Å². The molecule has 10 aromatic rings. The maximum atomic E-state index is 5.39. The molecule has 0 N–H and O–H groups in total. The van der Waals surface area contributed by atoms with Crippen molar-refractivity contribution in [2.75, 3.05) is 0 Å². The third kappa shape index (κ3) is 5.03. The first-order valence-electron chi connectivity index (χ1n) is 17.1. The predicted molar refractivity (Wildman–Crippen MR) is 209 cm³/mol. The monoisotopic (exact) mass is 651 g/mol. The second kappa shape index (κ2) is 11.9. The minimum atomic E-state index is 0.623. The summed E-state index contributed by atoms with van der Waals surface area (Å²) in [5.74, 6) is 2.80. The first-order valence-corrected chi connectivity index (χ1v) is 17.1. The topological polar surface area (TPSA) is 56.5 Å². The number of fused-ring (bicyclic) bond motifs is 6. The standard InChI is InChI=1S/C46H29N5/c1-4-13-33(14-5-1)43-48-44(36-24-20-30-12-10-11-17-35(30)28-36)50-45(49-43)37-25-22-31-21-23-32-26-27-40-42(41(32)39(31)29-37)47-46(34-15-6-2-7-16-34)51(40)38-18-8-3-9-19-38/h1-29H. The van der Waals surface area contributed by atoms with Crippen LogP contribution in [0.5, 0.6) is 0 Å². The van der Waals surface area contributed by atoms with Crippen molar-refractivity contribution < 1.29 is 0 Å². The molecule has 0 aliphatic rings. The van der Waals surface area contributed by atoms with Gasteiger partial charge in [-0.05, 0) is 57.3 Å². The average Bonchev–Trinajstić information content (AvgIpc) is 3.61. The van der Waals surface area contributed by atoms with E-state index in [0.717, 1.165) is 71.7 Å². The van der Waals surface area contributed by atoms with Crippen LogP contribution in [0.15, 0.2) is 176 Å². The van der Waals surface area contributed by atoms with E-state index in [0.29, 0.717) is 17.5 Å². The Morgan fingerprint density at radius 2 is 0.882 bits per heavy atom. The van der Waals surface area contributed by atoms with Crippen LogP contribution in [0.2, 0.25) is 0 Å². The average molecular weight is 652 g/mol. The number of rotatable bonds is 5. The van der Waals surface area contributed by atoms with Gasteiger partial charge in [0.15, 0.2) is 17.5 Å². The Hall–Kier alpha value is -6.98. The normalized spacial score (nSPS) is 11.5. The Labute approximate surface area is 294 Å². The van der Waals surface area contributed by atoms with Crippen LogP contribution in [0.1, 0.15) is 0 Å². The molecule has 5 heteroatoms. The van der Waals surface area contributed by atoms with Crippen LogP contribution in [0, 0.1) is 0 Å². The van der Waals surface area contributed by atoms with Crippen LogP contribution in [0.25, 0.3) is 94.6 Å². The number of hydrogen-bond donors (Lipinski definition) is 0. The number of nitrogens with zero attached hydrogens (tertiary/aromatic N) is 5. The van der Waals surface area contributed by atoms with Gasteiger partial charge in [-0.15, -0.1) is 0 Å². The molecule has 10 rings (SSSR count). The highest BCUT2D eigenvalue weighted by Gasteiger charge is 2.19. The van der Waals surface area contributed by atoms with Gasteiger partial charge in [-0.3, -0.25) is 4.57 Å². The molecule has 0 atom stereocenters. The summed E-state index contributed by atoms with van der Waals surface area (Å²) in [4.78, 5) is 20.6. The summed E-state index contributed by atoms with van der Waals surface area (Å²) < 4.78 is 2.26. The van der Waals surface area contributed by atoms with E-state index in [1.807, 2.05) is 42.5 Å². The molecular formula is C46H29N5. The molecule has 0 fully saturated rings. The molecule has 2 aromatic heterocycles. The van der Waals surface area contributed by atoms with Gasteiger partial charge < -0.3 is 0 Å². The van der Waals surface area contributed by atoms with E-state index in [-0.39, 0.29) is 0 Å². The van der Waals surface area contributed by atoms with Gasteiger partial charge in [0.1, 0.15) is 5.82 Å². The van der Waals surface area contributed by atoms with Crippen LogP contribution in [-0.4, -0.2) is 24.5 Å². The highest BCUT2D eigenvalue weighted by molar-refractivity contribution is 6.19. The first-order chi connectivity index (χ1) is 25.3. The molecule has 0 amide bonds. The Morgan fingerprint density at radius 1 is 0.353 bits per heavy atom. The molecule has 0 aliphatic carbocycles. The zero-order chi connectivity index (χ0) is 33.7. The van der Waals surface area contributed by atoms with Crippen molar-refractivity contribution >= 4 is 43.4 Å². The van der Waals surface area contributed by atoms with E-state index >= 15 is 0 Å². The molecule has 0 unspecified atom stereocenters. The number of hydrogen-bond acceptors (Lipinski definition) is 4. The molecule has 8 aromatic carbocycles. The third-order valence-corrected chi connectivity index (χ3v) is 9.60. The lowest BCUT2D eigenvalue weighted by Gasteiger charge is -2.11. The van der Waals surface area contributed by atoms with E-state index in [1.54, 1.807) is 0 Å². The van der Waals surface area contributed by atoms with Gasteiger partial charge in [0.25, 0.3) is 0 Å². The molecule has 51 heavy (non-hydrogen) atoms. The Kier molecular flexibility index (Phi) is 6.74. The summed E-state index contributed by atoms with van der Waals surface area (Å²) >= 11 is 0. The summed E-state index contributed by atoms with van der Waals surface area (Å²) in [6, 6.07) is 61.0. The first kappa shape index (κ1) is 29.0. The lowest BCUT2D eigenvalue weighted by atomic mass is 9.98.